The van der Waals surface area contributed by atoms with Crippen LogP contribution < -0.4 is 5.73 Å². The smallest absolute Gasteiger partial charge is 0.131 e. The molecule has 2 heteroatoms. The molecule has 0 bridgehead atoms. The molecule has 0 heterocycles. The summed E-state index contributed by atoms with van der Waals surface area (Å²) in [5.74, 6) is -0.352. The molecule has 10 heavy (non-hydrogen) atoms. The van der Waals surface area contributed by atoms with E-state index < -0.39 is 0 Å². The Morgan fingerprint density at radius 3 is 2.80 bits per heavy atom. The molecule has 1 aromatic carbocycles. The highest BCUT2D eigenvalue weighted by Gasteiger charge is 1.98. The van der Waals surface area contributed by atoms with E-state index in [1.807, 2.05) is 6.92 Å². The van der Waals surface area contributed by atoms with Gasteiger partial charge in [0.05, 0.1) is 0 Å². The zero-order valence-electron chi connectivity index (χ0n) is 5.76. The number of rotatable bonds is 1. The highest BCUT2D eigenvalue weighted by Crippen LogP contribution is 2.09. The molecule has 0 aliphatic rings. The molecule has 1 nitrogen and oxygen atoms in total. The number of hydrogen-bond acceptors (Lipinski definition) is 1. The van der Waals surface area contributed by atoms with E-state index in [9.17, 15) is 4.39 Å². The number of halogens is 1. The summed E-state index contributed by atoms with van der Waals surface area (Å²) >= 11 is 0. The van der Waals surface area contributed by atoms with Gasteiger partial charge >= 0.3 is 0 Å². The third-order valence-corrected chi connectivity index (χ3v) is 1.32. The first kappa shape index (κ1) is 7.22. The predicted molar refractivity (Wildman–Crippen MR) is 37.8 cm³/mol. The summed E-state index contributed by atoms with van der Waals surface area (Å²) in [7, 11) is 0. The summed E-state index contributed by atoms with van der Waals surface area (Å²) in [6.45, 7) is 1.81. The fourth-order valence-electron chi connectivity index (χ4n) is 0.737. The van der Waals surface area contributed by atoms with Crippen LogP contribution in [0.1, 0.15) is 18.5 Å². The van der Waals surface area contributed by atoms with Crippen LogP contribution in [0.2, 0.25) is 0 Å². The highest BCUT2D eigenvalue weighted by molar-refractivity contribution is 5.17. The molecule has 1 aromatic rings. The summed E-state index contributed by atoms with van der Waals surface area (Å²) in [5.41, 5.74) is 6.30. The lowest BCUT2D eigenvalue weighted by atomic mass is 10.1. The summed E-state index contributed by atoms with van der Waals surface area (Å²) in [6.07, 6.45) is 0. The zero-order chi connectivity index (χ0) is 7.56. The normalized spacial score (nSPS) is 13.1. The van der Waals surface area contributed by atoms with Gasteiger partial charge in [-0.25, -0.2) is 4.39 Å². The second-order valence-corrected chi connectivity index (χ2v) is 2.26. The Hall–Kier alpha value is -0.890. The van der Waals surface area contributed by atoms with Crippen LogP contribution in [0.5, 0.6) is 0 Å². The maximum absolute atomic E-state index is 12.4. The zero-order valence-corrected chi connectivity index (χ0v) is 5.76. The summed E-state index contributed by atoms with van der Waals surface area (Å²) in [4.78, 5) is 0. The van der Waals surface area contributed by atoms with E-state index in [1.54, 1.807) is 6.07 Å². The Morgan fingerprint density at radius 2 is 2.40 bits per heavy atom. The van der Waals surface area contributed by atoms with Crippen LogP contribution in [0.25, 0.3) is 0 Å². The van der Waals surface area contributed by atoms with Gasteiger partial charge in [-0.15, -0.1) is 0 Å². The molecule has 0 saturated heterocycles. The molecule has 1 rings (SSSR count). The first-order chi connectivity index (χ1) is 4.70. The highest BCUT2D eigenvalue weighted by atomic mass is 19.1. The van der Waals surface area contributed by atoms with Gasteiger partial charge in [0, 0.05) is 12.1 Å². The lowest BCUT2D eigenvalue weighted by molar-refractivity contribution is 0.620. The molecule has 1 radical (unpaired) electrons. The van der Waals surface area contributed by atoms with Crippen LogP contribution in [0.3, 0.4) is 0 Å². The Bertz CT molecular complexity index is 220. The lowest BCUT2D eigenvalue weighted by Gasteiger charge is -2.03. The van der Waals surface area contributed by atoms with Gasteiger partial charge in [0.1, 0.15) is 5.82 Å². The maximum Gasteiger partial charge on any atom is 0.131 e. The first-order valence-corrected chi connectivity index (χ1v) is 3.13. The molecule has 0 aliphatic heterocycles. The minimum atomic E-state index is -0.352. The van der Waals surface area contributed by atoms with Crippen LogP contribution in [0.4, 0.5) is 4.39 Å². The van der Waals surface area contributed by atoms with Gasteiger partial charge < -0.3 is 5.73 Å². The average molecular weight is 138 g/mol. The van der Waals surface area contributed by atoms with Gasteiger partial charge in [-0.2, -0.15) is 0 Å². The van der Waals surface area contributed by atoms with Crippen molar-refractivity contribution < 1.29 is 4.39 Å². The fraction of sp³-hybridized carbons (Fsp3) is 0.250. The number of benzene rings is 1. The molecular formula is C8H9FN. The van der Waals surface area contributed by atoms with Crippen molar-refractivity contribution in [1.82, 2.24) is 0 Å². The van der Waals surface area contributed by atoms with E-state index in [2.05, 4.69) is 6.07 Å². The van der Waals surface area contributed by atoms with E-state index in [-0.39, 0.29) is 11.9 Å². The molecule has 0 aromatic heterocycles. The summed E-state index contributed by atoms with van der Waals surface area (Å²) in [6, 6.07) is 6.98. The molecule has 0 saturated carbocycles. The van der Waals surface area contributed by atoms with Gasteiger partial charge in [0.25, 0.3) is 0 Å². The quantitative estimate of drug-likeness (QED) is 0.627. The van der Waals surface area contributed by atoms with Crippen LogP contribution in [0, 0.1) is 11.9 Å². The van der Waals surface area contributed by atoms with Gasteiger partial charge in [0.2, 0.25) is 0 Å². The fourth-order valence-corrected chi connectivity index (χ4v) is 0.737. The third-order valence-electron chi connectivity index (χ3n) is 1.32. The van der Waals surface area contributed by atoms with Crippen molar-refractivity contribution in [3.05, 3.63) is 35.6 Å². The van der Waals surface area contributed by atoms with Crippen molar-refractivity contribution >= 4 is 0 Å². The largest absolute Gasteiger partial charge is 0.324 e. The summed E-state index contributed by atoms with van der Waals surface area (Å²) in [5, 5.41) is 0. The van der Waals surface area contributed by atoms with Crippen molar-refractivity contribution in [2.24, 2.45) is 5.73 Å². The monoisotopic (exact) mass is 138 g/mol. The minimum Gasteiger partial charge on any atom is -0.324 e. The molecule has 2 N–H and O–H groups in total. The minimum absolute atomic E-state index is 0.107. The van der Waals surface area contributed by atoms with E-state index in [0.29, 0.717) is 0 Å². The van der Waals surface area contributed by atoms with Crippen molar-refractivity contribution in [3.63, 3.8) is 0 Å². The molecular weight excluding hydrogens is 129 g/mol. The molecule has 0 unspecified atom stereocenters. The Kier molecular flexibility index (Phi) is 2.02. The molecule has 0 fully saturated rings. The lowest BCUT2D eigenvalue weighted by Crippen LogP contribution is -2.04. The third kappa shape index (κ3) is 1.54. The molecule has 0 spiro atoms. The van der Waals surface area contributed by atoms with Gasteiger partial charge in [-0.1, -0.05) is 12.1 Å². The van der Waals surface area contributed by atoms with Crippen LogP contribution in [0.15, 0.2) is 18.2 Å². The van der Waals surface area contributed by atoms with E-state index in [0.717, 1.165) is 5.56 Å². The predicted octanol–water partition coefficient (Wildman–Crippen LogP) is 1.65. The van der Waals surface area contributed by atoms with E-state index >= 15 is 0 Å². The van der Waals surface area contributed by atoms with Gasteiger partial charge in [-0.3, -0.25) is 0 Å². The average Bonchev–Trinajstić information content (AvgIpc) is 1.88. The van der Waals surface area contributed by atoms with Crippen molar-refractivity contribution in [2.45, 2.75) is 13.0 Å². The molecule has 53 valence electrons. The van der Waals surface area contributed by atoms with Crippen molar-refractivity contribution in [3.8, 4) is 0 Å². The molecule has 0 amide bonds. The second-order valence-electron chi connectivity index (χ2n) is 2.26. The van der Waals surface area contributed by atoms with E-state index in [1.165, 1.54) is 12.1 Å². The topological polar surface area (TPSA) is 26.0 Å². The van der Waals surface area contributed by atoms with Crippen molar-refractivity contribution in [1.29, 1.82) is 0 Å². The van der Waals surface area contributed by atoms with Crippen LogP contribution in [-0.2, 0) is 0 Å². The first-order valence-electron chi connectivity index (χ1n) is 3.13. The summed E-state index contributed by atoms with van der Waals surface area (Å²) < 4.78 is 12.4. The Morgan fingerprint density at radius 1 is 1.70 bits per heavy atom. The van der Waals surface area contributed by atoms with Gasteiger partial charge in [0.15, 0.2) is 0 Å². The van der Waals surface area contributed by atoms with Crippen LogP contribution in [-0.4, -0.2) is 0 Å². The standard InChI is InChI=1S/C8H9FN/c1-6(10)7-3-2-4-8(9)5-7/h2-3,5-6H,10H2,1H3/t6-/m1/s1. The van der Waals surface area contributed by atoms with Crippen molar-refractivity contribution in [2.75, 3.05) is 0 Å². The number of hydrogen-bond donors (Lipinski definition) is 1. The molecule has 1 atom stereocenters. The Balaban J connectivity index is 2.96. The van der Waals surface area contributed by atoms with Gasteiger partial charge in [-0.05, 0) is 18.6 Å². The van der Waals surface area contributed by atoms with Crippen LogP contribution >= 0.6 is 0 Å². The van der Waals surface area contributed by atoms with E-state index in [4.69, 9.17) is 5.73 Å². The Labute approximate surface area is 59.7 Å². The number of nitrogens with two attached hydrogens (primary N) is 1. The maximum atomic E-state index is 12.4. The second kappa shape index (κ2) is 2.80. The molecule has 0 aliphatic carbocycles. The SMILES string of the molecule is C[C@@H](N)c1cc[c]c(F)c1.